The van der Waals surface area contributed by atoms with E-state index in [1.807, 2.05) is 18.2 Å². The fourth-order valence-electron chi connectivity index (χ4n) is 2.94. The van der Waals surface area contributed by atoms with E-state index in [1.54, 1.807) is 42.6 Å². The molecule has 0 spiro atoms. The van der Waals surface area contributed by atoms with E-state index in [9.17, 15) is 10.1 Å². The van der Waals surface area contributed by atoms with Crippen molar-refractivity contribution in [1.29, 1.82) is 5.26 Å². The molecule has 1 aromatic heterocycles. The van der Waals surface area contributed by atoms with Crippen LogP contribution < -0.4 is 16.4 Å². The molecule has 6 heteroatoms. The monoisotopic (exact) mass is 399 g/mol. The molecule has 3 aromatic rings. The molecular formula is C24H25N5O. The number of nitrogens with one attached hydrogen (secondary N) is 2. The Bertz CT molecular complexity index is 1070. The second kappa shape index (κ2) is 9.68. The number of hydrogen-bond acceptors (Lipinski definition) is 5. The van der Waals surface area contributed by atoms with Gasteiger partial charge in [-0.05, 0) is 49.2 Å². The van der Waals surface area contributed by atoms with Crippen molar-refractivity contribution in [2.24, 2.45) is 0 Å². The first-order valence-corrected chi connectivity index (χ1v) is 9.90. The highest BCUT2D eigenvalue weighted by atomic mass is 16.1. The van der Waals surface area contributed by atoms with Crippen LogP contribution in [0.3, 0.4) is 0 Å². The molecule has 0 aliphatic carbocycles. The Kier molecular flexibility index (Phi) is 6.79. The number of rotatable bonds is 7. The van der Waals surface area contributed by atoms with Crippen LogP contribution in [0.1, 0.15) is 41.8 Å². The van der Waals surface area contributed by atoms with E-state index in [1.165, 1.54) is 0 Å². The molecule has 0 saturated heterocycles. The average Bonchev–Trinajstić information content (AvgIpc) is 2.78. The van der Waals surface area contributed by atoms with Crippen LogP contribution in [0, 0.1) is 11.3 Å². The van der Waals surface area contributed by atoms with Gasteiger partial charge >= 0.3 is 0 Å². The fourth-order valence-corrected chi connectivity index (χ4v) is 2.94. The molecule has 1 amide bonds. The molecule has 6 nitrogen and oxygen atoms in total. The summed E-state index contributed by atoms with van der Waals surface area (Å²) in [6, 6.07) is 18.6. The third-order valence-corrected chi connectivity index (χ3v) is 4.96. The van der Waals surface area contributed by atoms with Gasteiger partial charge < -0.3 is 16.4 Å². The number of nitrogen functional groups attached to an aromatic ring is 1. The van der Waals surface area contributed by atoms with Crippen LogP contribution in [0.15, 0.2) is 60.8 Å². The van der Waals surface area contributed by atoms with Gasteiger partial charge in [0.05, 0.1) is 22.6 Å². The summed E-state index contributed by atoms with van der Waals surface area (Å²) in [6.45, 7) is 4.91. The smallest absolute Gasteiger partial charge is 0.255 e. The van der Waals surface area contributed by atoms with Gasteiger partial charge in [-0.1, -0.05) is 31.2 Å². The summed E-state index contributed by atoms with van der Waals surface area (Å²) in [4.78, 5) is 17.0. The second-order valence-corrected chi connectivity index (χ2v) is 7.16. The lowest BCUT2D eigenvalue weighted by Gasteiger charge is -2.12. The van der Waals surface area contributed by atoms with Crippen molar-refractivity contribution in [3.8, 4) is 17.3 Å². The number of amides is 1. The minimum absolute atomic E-state index is 0.251. The first-order valence-electron chi connectivity index (χ1n) is 9.90. The van der Waals surface area contributed by atoms with E-state index < -0.39 is 0 Å². The van der Waals surface area contributed by atoms with Crippen LogP contribution in [0.5, 0.6) is 0 Å². The van der Waals surface area contributed by atoms with Crippen LogP contribution in [-0.4, -0.2) is 16.9 Å². The summed E-state index contributed by atoms with van der Waals surface area (Å²) >= 11 is 0. The van der Waals surface area contributed by atoms with E-state index in [4.69, 9.17) is 5.73 Å². The van der Waals surface area contributed by atoms with Gasteiger partial charge in [-0.2, -0.15) is 5.26 Å². The summed E-state index contributed by atoms with van der Waals surface area (Å²) < 4.78 is 0. The fraction of sp³-hybridized carbons (Fsp3) is 0.208. The minimum Gasteiger partial charge on any atom is -0.397 e. The molecule has 4 N–H and O–H groups in total. The maximum atomic E-state index is 12.5. The molecule has 152 valence electrons. The molecule has 1 heterocycles. The zero-order valence-electron chi connectivity index (χ0n) is 17.1. The van der Waals surface area contributed by atoms with Crippen LogP contribution in [0.2, 0.25) is 0 Å². The van der Waals surface area contributed by atoms with Crippen LogP contribution in [-0.2, 0) is 6.54 Å². The highest BCUT2D eigenvalue weighted by molar-refractivity contribution is 6.05. The number of pyridine rings is 1. The zero-order valence-corrected chi connectivity index (χ0v) is 17.1. The maximum Gasteiger partial charge on any atom is 0.255 e. The number of para-hydroxylation sites is 2. The molecule has 0 unspecified atom stereocenters. The zero-order chi connectivity index (χ0) is 21.5. The topological polar surface area (TPSA) is 104 Å². The van der Waals surface area contributed by atoms with Gasteiger partial charge in [-0.25, -0.2) is 0 Å². The maximum absolute atomic E-state index is 12.5. The minimum atomic E-state index is -0.251. The van der Waals surface area contributed by atoms with Gasteiger partial charge in [0.25, 0.3) is 5.91 Å². The van der Waals surface area contributed by atoms with Crippen molar-refractivity contribution in [3.05, 3.63) is 77.5 Å². The van der Waals surface area contributed by atoms with Crippen molar-refractivity contribution >= 4 is 17.3 Å². The van der Waals surface area contributed by atoms with Gasteiger partial charge in [0, 0.05) is 29.9 Å². The summed E-state index contributed by atoms with van der Waals surface area (Å²) in [5.74, 6) is -0.251. The van der Waals surface area contributed by atoms with Gasteiger partial charge in [-0.3, -0.25) is 9.78 Å². The summed E-state index contributed by atoms with van der Waals surface area (Å²) in [6.07, 6.45) is 2.82. The third kappa shape index (κ3) is 5.02. The van der Waals surface area contributed by atoms with Crippen molar-refractivity contribution in [1.82, 2.24) is 10.3 Å². The van der Waals surface area contributed by atoms with Crippen molar-refractivity contribution in [2.75, 3.05) is 11.1 Å². The number of hydrogen-bond donors (Lipinski definition) is 3. The molecule has 30 heavy (non-hydrogen) atoms. The first kappa shape index (κ1) is 21.0. The normalized spacial score (nSPS) is 11.5. The molecule has 0 saturated carbocycles. The Morgan fingerprint density at radius 3 is 2.60 bits per heavy atom. The average molecular weight is 399 g/mol. The van der Waals surface area contributed by atoms with Gasteiger partial charge in [0.15, 0.2) is 0 Å². The van der Waals surface area contributed by atoms with E-state index in [-0.39, 0.29) is 5.91 Å². The number of nitrogens with zero attached hydrogens (tertiary/aromatic N) is 2. The highest BCUT2D eigenvalue weighted by Gasteiger charge is 2.12. The lowest BCUT2D eigenvalue weighted by Crippen LogP contribution is -2.24. The number of aromatic nitrogens is 1. The van der Waals surface area contributed by atoms with Crippen molar-refractivity contribution < 1.29 is 4.79 Å². The number of benzene rings is 2. The standard InChI is InChI=1S/C24H25N5O/c1-3-16(2)27-14-17-12-20(13-25)23(28-15-17)18-8-10-19(11-9-18)24(30)29-22-7-5-4-6-21(22)26/h4-12,15-16,27H,3,14,26H2,1-2H3,(H,29,30)/t16-/m1/s1. The number of anilines is 2. The lowest BCUT2D eigenvalue weighted by molar-refractivity contribution is 0.102. The van der Waals surface area contributed by atoms with Crippen molar-refractivity contribution in [2.45, 2.75) is 32.9 Å². The van der Waals surface area contributed by atoms with E-state index in [2.05, 4.69) is 35.5 Å². The van der Waals surface area contributed by atoms with E-state index >= 15 is 0 Å². The number of nitrogens with two attached hydrogens (primary N) is 1. The Hall–Kier alpha value is -3.69. The van der Waals surface area contributed by atoms with Gasteiger partial charge in [0.2, 0.25) is 0 Å². The number of nitriles is 1. The molecule has 0 radical (unpaired) electrons. The Balaban J connectivity index is 1.76. The Morgan fingerprint density at radius 2 is 1.93 bits per heavy atom. The number of carbonyl (C=O) groups is 1. The largest absolute Gasteiger partial charge is 0.397 e. The van der Waals surface area contributed by atoms with Crippen LogP contribution in [0.25, 0.3) is 11.3 Å². The molecular weight excluding hydrogens is 374 g/mol. The predicted octanol–water partition coefficient (Wildman–Crippen LogP) is 4.34. The van der Waals surface area contributed by atoms with Crippen LogP contribution in [0.4, 0.5) is 11.4 Å². The molecule has 2 aromatic carbocycles. The molecule has 0 bridgehead atoms. The second-order valence-electron chi connectivity index (χ2n) is 7.16. The van der Waals surface area contributed by atoms with E-state index in [0.717, 1.165) is 17.5 Å². The molecule has 0 aliphatic heterocycles. The first-order chi connectivity index (χ1) is 14.5. The summed E-state index contributed by atoms with van der Waals surface area (Å²) in [7, 11) is 0. The molecule has 0 fully saturated rings. The number of carbonyl (C=O) groups excluding carboxylic acids is 1. The molecule has 1 atom stereocenters. The lowest BCUT2D eigenvalue weighted by atomic mass is 10.0. The SMILES string of the molecule is CC[C@@H](C)NCc1cnc(-c2ccc(C(=O)Nc3ccccc3N)cc2)c(C#N)c1. The van der Waals surface area contributed by atoms with Crippen LogP contribution >= 0.6 is 0 Å². The molecule has 3 rings (SSSR count). The summed E-state index contributed by atoms with van der Waals surface area (Å²) in [5, 5.41) is 15.8. The van der Waals surface area contributed by atoms with Gasteiger partial charge in [0.1, 0.15) is 6.07 Å². The molecule has 0 aliphatic rings. The third-order valence-electron chi connectivity index (χ3n) is 4.96. The van der Waals surface area contributed by atoms with Gasteiger partial charge in [-0.15, -0.1) is 0 Å². The van der Waals surface area contributed by atoms with E-state index in [0.29, 0.717) is 40.8 Å². The summed E-state index contributed by atoms with van der Waals surface area (Å²) in [5.41, 5.74) is 10.3. The Morgan fingerprint density at radius 1 is 1.20 bits per heavy atom. The quantitative estimate of drug-likeness (QED) is 0.513. The Labute approximate surface area is 176 Å². The predicted molar refractivity (Wildman–Crippen MR) is 120 cm³/mol. The van der Waals surface area contributed by atoms with Crippen molar-refractivity contribution in [3.63, 3.8) is 0 Å². The highest BCUT2D eigenvalue weighted by Crippen LogP contribution is 2.23.